The number of nitrogens with one attached hydrogen (secondary N) is 2. The molecule has 1 amide bonds. The van der Waals surface area contributed by atoms with Crippen LogP contribution in [0.2, 0.25) is 0 Å². The van der Waals surface area contributed by atoms with E-state index >= 15 is 0 Å². The van der Waals surface area contributed by atoms with Crippen molar-refractivity contribution in [3.63, 3.8) is 0 Å². The minimum atomic E-state index is -0.0270. The van der Waals surface area contributed by atoms with Crippen LogP contribution in [0.4, 0.5) is 5.69 Å². The SMILES string of the molecule is Cc1ccc(CCC(=O)Nc2ccccc2-c2nc(-c3ccccc3)n[nH]2)cc1. The van der Waals surface area contributed by atoms with Crippen LogP contribution in [0.5, 0.6) is 0 Å². The molecule has 0 aliphatic heterocycles. The highest BCUT2D eigenvalue weighted by Gasteiger charge is 2.13. The first-order chi connectivity index (χ1) is 14.2. The molecule has 5 nitrogen and oxygen atoms in total. The van der Waals surface area contributed by atoms with Gasteiger partial charge < -0.3 is 5.32 Å². The highest BCUT2D eigenvalue weighted by molar-refractivity contribution is 5.94. The lowest BCUT2D eigenvalue weighted by Crippen LogP contribution is -2.13. The van der Waals surface area contributed by atoms with Crippen LogP contribution in [0.25, 0.3) is 22.8 Å². The largest absolute Gasteiger partial charge is 0.325 e. The van der Waals surface area contributed by atoms with Crippen LogP contribution < -0.4 is 5.32 Å². The third kappa shape index (κ3) is 4.58. The molecule has 1 heterocycles. The monoisotopic (exact) mass is 382 g/mol. The number of anilines is 1. The van der Waals surface area contributed by atoms with Gasteiger partial charge in [0.1, 0.15) is 0 Å². The van der Waals surface area contributed by atoms with Gasteiger partial charge in [0.2, 0.25) is 5.91 Å². The maximum absolute atomic E-state index is 12.5. The van der Waals surface area contributed by atoms with Crippen LogP contribution in [-0.4, -0.2) is 21.1 Å². The van der Waals surface area contributed by atoms with Crippen LogP contribution in [0, 0.1) is 6.92 Å². The summed E-state index contributed by atoms with van der Waals surface area (Å²) in [5.41, 5.74) is 4.84. The number of aryl methyl sites for hydroxylation is 2. The van der Waals surface area contributed by atoms with E-state index in [1.165, 1.54) is 5.56 Å². The Morgan fingerprint density at radius 3 is 2.45 bits per heavy atom. The number of aromatic amines is 1. The van der Waals surface area contributed by atoms with Gasteiger partial charge in [-0.25, -0.2) is 4.98 Å². The van der Waals surface area contributed by atoms with Crippen LogP contribution in [0.3, 0.4) is 0 Å². The fraction of sp³-hybridized carbons (Fsp3) is 0.125. The van der Waals surface area contributed by atoms with E-state index in [0.29, 0.717) is 24.5 Å². The number of carbonyl (C=O) groups is 1. The highest BCUT2D eigenvalue weighted by atomic mass is 16.1. The minimum Gasteiger partial charge on any atom is -0.325 e. The van der Waals surface area contributed by atoms with Crippen molar-refractivity contribution in [2.45, 2.75) is 19.8 Å². The Balaban J connectivity index is 1.48. The fourth-order valence-corrected chi connectivity index (χ4v) is 3.12. The number of carbonyl (C=O) groups excluding carboxylic acids is 1. The molecular formula is C24H22N4O. The summed E-state index contributed by atoms with van der Waals surface area (Å²) in [7, 11) is 0. The van der Waals surface area contributed by atoms with Crippen molar-refractivity contribution in [2.24, 2.45) is 0 Å². The maximum Gasteiger partial charge on any atom is 0.224 e. The van der Waals surface area contributed by atoms with E-state index in [1.807, 2.05) is 54.6 Å². The van der Waals surface area contributed by atoms with Gasteiger partial charge in [-0.05, 0) is 31.0 Å². The van der Waals surface area contributed by atoms with Crippen molar-refractivity contribution in [1.82, 2.24) is 15.2 Å². The molecular weight excluding hydrogens is 360 g/mol. The molecule has 0 aliphatic rings. The molecule has 144 valence electrons. The Kier molecular flexibility index (Phi) is 5.47. The van der Waals surface area contributed by atoms with E-state index in [0.717, 1.165) is 22.4 Å². The molecule has 0 saturated heterocycles. The quantitative estimate of drug-likeness (QED) is 0.492. The molecule has 0 radical (unpaired) electrons. The zero-order chi connectivity index (χ0) is 20.1. The molecule has 5 heteroatoms. The van der Waals surface area contributed by atoms with Crippen molar-refractivity contribution in [1.29, 1.82) is 0 Å². The van der Waals surface area contributed by atoms with Crippen LogP contribution in [-0.2, 0) is 11.2 Å². The Morgan fingerprint density at radius 2 is 1.66 bits per heavy atom. The number of hydrogen-bond acceptors (Lipinski definition) is 3. The lowest BCUT2D eigenvalue weighted by molar-refractivity contribution is -0.116. The van der Waals surface area contributed by atoms with Crippen LogP contribution in [0.1, 0.15) is 17.5 Å². The van der Waals surface area contributed by atoms with Gasteiger partial charge in [-0.15, -0.1) is 0 Å². The first kappa shape index (κ1) is 18.6. The van der Waals surface area contributed by atoms with Gasteiger partial charge in [-0.2, -0.15) is 5.10 Å². The van der Waals surface area contributed by atoms with Gasteiger partial charge in [0, 0.05) is 17.5 Å². The van der Waals surface area contributed by atoms with Gasteiger partial charge in [0.05, 0.1) is 5.69 Å². The van der Waals surface area contributed by atoms with E-state index < -0.39 is 0 Å². The summed E-state index contributed by atoms with van der Waals surface area (Å²) in [5.74, 6) is 1.22. The zero-order valence-electron chi connectivity index (χ0n) is 16.2. The number of rotatable bonds is 6. The minimum absolute atomic E-state index is 0.0270. The Morgan fingerprint density at radius 1 is 0.931 bits per heavy atom. The number of para-hydroxylation sites is 1. The molecule has 0 spiro atoms. The van der Waals surface area contributed by atoms with Crippen molar-refractivity contribution >= 4 is 11.6 Å². The topological polar surface area (TPSA) is 70.7 Å². The van der Waals surface area contributed by atoms with Gasteiger partial charge in [0.25, 0.3) is 0 Å². The summed E-state index contributed by atoms with van der Waals surface area (Å²) >= 11 is 0. The normalized spacial score (nSPS) is 10.7. The molecule has 4 aromatic rings. The predicted molar refractivity (Wildman–Crippen MR) is 115 cm³/mol. The standard InChI is InChI=1S/C24H22N4O/c1-17-11-13-18(14-12-17)15-16-22(29)25-21-10-6-5-9-20(21)24-26-23(27-28-24)19-7-3-2-4-8-19/h2-14H,15-16H2,1H3,(H,25,29)(H,26,27,28). The number of nitrogens with zero attached hydrogens (tertiary/aromatic N) is 2. The van der Waals surface area contributed by atoms with Gasteiger partial charge in [0.15, 0.2) is 11.6 Å². The molecule has 0 atom stereocenters. The molecule has 2 N–H and O–H groups in total. The molecule has 4 rings (SSSR count). The third-order valence-corrected chi connectivity index (χ3v) is 4.74. The van der Waals surface area contributed by atoms with Gasteiger partial charge in [-0.3, -0.25) is 9.89 Å². The summed E-state index contributed by atoms with van der Waals surface area (Å²) in [6, 6.07) is 25.7. The number of hydrogen-bond donors (Lipinski definition) is 2. The van der Waals surface area contributed by atoms with Crippen LogP contribution >= 0.6 is 0 Å². The van der Waals surface area contributed by atoms with E-state index in [1.54, 1.807) is 0 Å². The van der Waals surface area contributed by atoms with Crippen molar-refractivity contribution < 1.29 is 4.79 Å². The molecule has 0 saturated carbocycles. The van der Waals surface area contributed by atoms with E-state index in [4.69, 9.17) is 0 Å². The lowest BCUT2D eigenvalue weighted by atomic mass is 10.1. The molecule has 0 bridgehead atoms. The van der Waals surface area contributed by atoms with Gasteiger partial charge in [-0.1, -0.05) is 72.3 Å². The Hall–Kier alpha value is -3.73. The average molecular weight is 382 g/mol. The van der Waals surface area contributed by atoms with E-state index in [9.17, 15) is 4.79 Å². The summed E-state index contributed by atoms with van der Waals surface area (Å²) in [4.78, 5) is 17.1. The first-order valence-electron chi connectivity index (χ1n) is 9.62. The van der Waals surface area contributed by atoms with Crippen molar-refractivity contribution in [3.05, 3.63) is 90.0 Å². The maximum atomic E-state index is 12.5. The van der Waals surface area contributed by atoms with E-state index in [2.05, 4.69) is 51.7 Å². The van der Waals surface area contributed by atoms with Crippen LogP contribution in [0.15, 0.2) is 78.9 Å². The second-order valence-electron chi connectivity index (χ2n) is 6.95. The number of aromatic nitrogens is 3. The predicted octanol–water partition coefficient (Wildman–Crippen LogP) is 5.02. The molecule has 29 heavy (non-hydrogen) atoms. The second kappa shape index (κ2) is 8.52. The first-order valence-corrected chi connectivity index (χ1v) is 9.62. The Labute approximate surface area is 169 Å². The fourth-order valence-electron chi connectivity index (χ4n) is 3.12. The molecule has 0 fully saturated rings. The highest BCUT2D eigenvalue weighted by Crippen LogP contribution is 2.27. The summed E-state index contributed by atoms with van der Waals surface area (Å²) in [5, 5.41) is 10.3. The average Bonchev–Trinajstić information content (AvgIpc) is 3.24. The summed E-state index contributed by atoms with van der Waals surface area (Å²) < 4.78 is 0. The molecule has 0 aliphatic carbocycles. The third-order valence-electron chi connectivity index (χ3n) is 4.74. The van der Waals surface area contributed by atoms with Crippen molar-refractivity contribution in [2.75, 3.05) is 5.32 Å². The Bertz CT molecular complexity index is 1100. The molecule has 0 unspecified atom stereocenters. The van der Waals surface area contributed by atoms with E-state index in [-0.39, 0.29) is 5.91 Å². The number of benzene rings is 3. The summed E-state index contributed by atoms with van der Waals surface area (Å²) in [6.07, 6.45) is 1.12. The molecule has 1 aromatic heterocycles. The smallest absolute Gasteiger partial charge is 0.224 e. The summed E-state index contributed by atoms with van der Waals surface area (Å²) in [6.45, 7) is 2.06. The second-order valence-corrected chi connectivity index (χ2v) is 6.95. The zero-order valence-corrected chi connectivity index (χ0v) is 16.2. The van der Waals surface area contributed by atoms with Crippen molar-refractivity contribution in [3.8, 4) is 22.8 Å². The molecule has 3 aromatic carbocycles. The van der Waals surface area contributed by atoms with Gasteiger partial charge >= 0.3 is 0 Å². The lowest BCUT2D eigenvalue weighted by Gasteiger charge is -2.09. The number of amides is 1. The number of H-pyrrole nitrogens is 1.